The van der Waals surface area contributed by atoms with Crippen LogP contribution in [-0.2, 0) is 19.1 Å². The van der Waals surface area contributed by atoms with E-state index in [0.29, 0.717) is 47.0 Å². The lowest BCUT2D eigenvalue weighted by Crippen LogP contribution is -2.12. The second kappa shape index (κ2) is 18.0. The first kappa shape index (κ1) is 36.9. The van der Waals surface area contributed by atoms with Gasteiger partial charge in [0.1, 0.15) is 11.5 Å². The van der Waals surface area contributed by atoms with Gasteiger partial charge in [-0.15, -0.1) is 0 Å². The van der Waals surface area contributed by atoms with Gasteiger partial charge in [-0.1, -0.05) is 24.8 Å². The molecule has 4 aromatic carbocycles. The van der Waals surface area contributed by atoms with E-state index in [1.807, 2.05) is 24.3 Å². The summed E-state index contributed by atoms with van der Waals surface area (Å²) < 4.78 is 32.2. The van der Waals surface area contributed by atoms with E-state index < -0.39 is 17.9 Å². The molecule has 0 fully saturated rings. The van der Waals surface area contributed by atoms with Crippen LogP contribution in [-0.4, -0.2) is 51.3 Å². The minimum absolute atomic E-state index is 0.198. The highest BCUT2D eigenvalue weighted by atomic mass is 16.6. The number of fused-ring (bicyclic) bond motifs is 1. The third-order valence-corrected chi connectivity index (χ3v) is 7.55. The molecular formula is C40H40O10. The maximum Gasteiger partial charge on any atom is 0.343 e. The monoisotopic (exact) mass is 680 g/mol. The second-order valence-corrected chi connectivity index (χ2v) is 11.4. The zero-order chi connectivity index (χ0) is 36.0. The van der Waals surface area contributed by atoms with Crippen LogP contribution in [0.1, 0.15) is 64.4 Å². The van der Waals surface area contributed by atoms with Crippen LogP contribution in [0.25, 0.3) is 16.8 Å². The zero-order valence-electron chi connectivity index (χ0n) is 28.6. The minimum Gasteiger partial charge on any atom is -0.494 e. The largest absolute Gasteiger partial charge is 0.494 e. The maximum absolute atomic E-state index is 13.1. The third-order valence-electron chi connectivity index (χ3n) is 7.55. The summed E-state index contributed by atoms with van der Waals surface area (Å²) in [7, 11) is 2.73. The van der Waals surface area contributed by atoms with Crippen LogP contribution in [0.15, 0.2) is 91.0 Å². The van der Waals surface area contributed by atoms with Gasteiger partial charge in [0, 0.05) is 11.6 Å². The number of methoxy groups -OCH3 is 2. The Morgan fingerprint density at radius 1 is 0.700 bits per heavy atom. The number of rotatable bonds is 16. The lowest BCUT2D eigenvalue weighted by molar-refractivity contribution is -0.139. The molecule has 0 aliphatic rings. The number of hydrogen-bond donors (Lipinski definition) is 0. The van der Waals surface area contributed by atoms with Crippen LogP contribution in [0.2, 0.25) is 0 Å². The number of carbonyl (C=O) groups excluding carboxylic acids is 4. The number of esters is 4. The van der Waals surface area contributed by atoms with Gasteiger partial charge in [-0.2, -0.15) is 0 Å². The van der Waals surface area contributed by atoms with Gasteiger partial charge in [-0.3, -0.25) is 0 Å². The van der Waals surface area contributed by atoms with Crippen molar-refractivity contribution < 1.29 is 47.6 Å². The van der Waals surface area contributed by atoms with E-state index in [1.165, 1.54) is 26.4 Å². The Balaban J connectivity index is 1.29. The molecule has 260 valence electrons. The standard InChI is InChI=1S/C40H40O10/c1-26(2)38(42)48-21-9-7-6-8-20-47-33-16-14-29-24-32(13-12-30(29)25-33)40(44)49-34-18-15-31(22-27(34)3)39(43)50-35-17-10-28(23-36(35)45-4)11-19-37(41)46-5/h10-19,22-25H,1,6-9,20-21H2,2-5H3/b19-11+. The predicted octanol–water partition coefficient (Wildman–Crippen LogP) is 7.84. The fourth-order valence-corrected chi connectivity index (χ4v) is 4.79. The van der Waals surface area contributed by atoms with E-state index in [-0.39, 0.29) is 17.3 Å². The number of ether oxygens (including phenoxy) is 6. The van der Waals surface area contributed by atoms with Gasteiger partial charge in [-0.25, -0.2) is 19.2 Å². The van der Waals surface area contributed by atoms with Crippen LogP contribution < -0.4 is 18.9 Å². The smallest absolute Gasteiger partial charge is 0.343 e. The van der Waals surface area contributed by atoms with Crippen LogP contribution >= 0.6 is 0 Å². The topological polar surface area (TPSA) is 124 Å². The summed E-state index contributed by atoms with van der Waals surface area (Å²) in [5, 5.41) is 1.77. The summed E-state index contributed by atoms with van der Waals surface area (Å²) in [4.78, 5) is 48.8. The Labute approximate surface area is 291 Å². The molecule has 0 amide bonds. The van der Waals surface area contributed by atoms with E-state index in [1.54, 1.807) is 62.4 Å². The van der Waals surface area contributed by atoms with Gasteiger partial charge < -0.3 is 28.4 Å². The molecule has 10 heteroatoms. The van der Waals surface area contributed by atoms with Gasteiger partial charge in [0.25, 0.3) is 0 Å². The quantitative estimate of drug-likeness (QED) is 0.0500. The van der Waals surface area contributed by atoms with Crippen molar-refractivity contribution in [2.45, 2.75) is 39.5 Å². The van der Waals surface area contributed by atoms with Gasteiger partial charge in [0.15, 0.2) is 11.5 Å². The third kappa shape index (κ3) is 10.6. The lowest BCUT2D eigenvalue weighted by Gasteiger charge is -2.12. The van der Waals surface area contributed by atoms with Crippen LogP contribution in [0, 0.1) is 6.92 Å². The molecule has 10 nitrogen and oxygen atoms in total. The molecule has 0 aromatic heterocycles. The van der Waals surface area contributed by atoms with Crippen LogP contribution in [0.4, 0.5) is 0 Å². The SMILES string of the molecule is C=C(C)C(=O)OCCCCCCOc1ccc2cc(C(=O)Oc3ccc(C(=O)Oc4ccc(/C=C/C(=O)OC)cc4OC)cc3C)ccc2c1. The van der Waals surface area contributed by atoms with Gasteiger partial charge in [-0.05, 0) is 122 Å². The molecule has 0 aliphatic heterocycles. The Morgan fingerprint density at radius 2 is 1.34 bits per heavy atom. The Bertz CT molecular complexity index is 1910. The van der Waals surface area contributed by atoms with Crippen molar-refractivity contribution in [2.75, 3.05) is 27.4 Å². The van der Waals surface area contributed by atoms with Gasteiger partial charge in [0.05, 0.1) is 38.6 Å². The number of carbonyl (C=O) groups is 4. The van der Waals surface area contributed by atoms with Crippen molar-refractivity contribution in [3.05, 3.63) is 113 Å². The van der Waals surface area contributed by atoms with Crippen molar-refractivity contribution in [1.82, 2.24) is 0 Å². The number of benzene rings is 4. The fraction of sp³-hybridized carbons (Fsp3) is 0.250. The molecule has 4 rings (SSSR count). The van der Waals surface area contributed by atoms with Crippen LogP contribution in [0.5, 0.6) is 23.0 Å². The van der Waals surface area contributed by atoms with Gasteiger partial charge >= 0.3 is 23.9 Å². The van der Waals surface area contributed by atoms with Crippen LogP contribution in [0.3, 0.4) is 0 Å². The molecule has 0 heterocycles. The highest BCUT2D eigenvalue weighted by Gasteiger charge is 2.17. The Morgan fingerprint density at radius 3 is 2.04 bits per heavy atom. The highest BCUT2D eigenvalue weighted by molar-refractivity contribution is 5.97. The average molecular weight is 681 g/mol. The normalized spacial score (nSPS) is 10.8. The summed E-state index contributed by atoms with van der Waals surface area (Å²) in [6.45, 7) is 7.88. The molecule has 0 bridgehead atoms. The molecule has 0 N–H and O–H groups in total. The maximum atomic E-state index is 13.1. The van der Waals surface area contributed by atoms with Crippen molar-refractivity contribution in [2.24, 2.45) is 0 Å². The van der Waals surface area contributed by atoms with E-state index >= 15 is 0 Å². The van der Waals surface area contributed by atoms with Crippen molar-refractivity contribution in [3.63, 3.8) is 0 Å². The van der Waals surface area contributed by atoms with Gasteiger partial charge in [0.2, 0.25) is 0 Å². The molecule has 0 unspecified atom stereocenters. The van der Waals surface area contributed by atoms with E-state index in [4.69, 9.17) is 23.7 Å². The first-order chi connectivity index (χ1) is 24.1. The molecule has 0 spiro atoms. The average Bonchev–Trinajstić information content (AvgIpc) is 3.12. The molecule has 0 saturated heterocycles. The summed E-state index contributed by atoms with van der Waals surface area (Å²) in [6, 6.07) is 20.5. The van der Waals surface area contributed by atoms with E-state index in [0.717, 1.165) is 42.2 Å². The van der Waals surface area contributed by atoms with E-state index in [2.05, 4.69) is 11.3 Å². The molecule has 0 radical (unpaired) electrons. The molecule has 50 heavy (non-hydrogen) atoms. The van der Waals surface area contributed by atoms with Crippen molar-refractivity contribution in [1.29, 1.82) is 0 Å². The van der Waals surface area contributed by atoms with Crippen molar-refractivity contribution in [3.8, 4) is 23.0 Å². The molecule has 4 aromatic rings. The number of hydrogen-bond acceptors (Lipinski definition) is 10. The zero-order valence-corrected chi connectivity index (χ0v) is 28.6. The molecule has 0 saturated carbocycles. The molecular weight excluding hydrogens is 640 g/mol. The number of aryl methyl sites for hydroxylation is 1. The predicted molar refractivity (Wildman–Crippen MR) is 189 cm³/mol. The van der Waals surface area contributed by atoms with Crippen molar-refractivity contribution >= 4 is 40.7 Å². The Hall–Kier alpha value is -5.90. The molecule has 0 aliphatic carbocycles. The summed E-state index contributed by atoms with van der Waals surface area (Å²) in [6.07, 6.45) is 6.39. The first-order valence-corrected chi connectivity index (χ1v) is 16.1. The minimum atomic E-state index is -0.626. The summed E-state index contributed by atoms with van der Waals surface area (Å²) in [5.41, 5.74) is 2.25. The fourth-order valence-electron chi connectivity index (χ4n) is 4.79. The first-order valence-electron chi connectivity index (χ1n) is 16.1. The second-order valence-electron chi connectivity index (χ2n) is 11.4. The van der Waals surface area contributed by atoms with E-state index in [9.17, 15) is 19.2 Å². The highest BCUT2D eigenvalue weighted by Crippen LogP contribution is 2.30. The summed E-state index contributed by atoms with van der Waals surface area (Å²) >= 11 is 0. The lowest BCUT2D eigenvalue weighted by atomic mass is 10.1. The molecule has 0 atom stereocenters. The number of unbranched alkanes of at least 4 members (excludes halogenated alkanes) is 3. The summed E-state index contributed by atoms with van der Waals surface area (Å²) in [5.74, 6) is -0.473. The Kier molecular flexibility index (Phi) is 13.3.